The lowest BCUT2D eigenvalue weighted by atomic mass is 10.2. The fourth-order valence-corrected chi connectivity index (χ4v) is 3.26. The number of nitrogens with one attached hydrogen (secondary N) is 2. The summed E-state index contributed by atoms with van der Waals surface area (Å²) in [6.07, 6.45) is 5.42. The molecular formula is C21H31IN6. The Hall–Kier alpha value is -2.03. The van der Waals surface area contributed by atoms with Gasteiger partial charge in [0.05, 0.1) is 5.69 Å². The highest BCUT2D eigenvalue weighted by Crippen LogP contribution is 2.17. The number of aryl methyl sites for hydroxylation is 3. The summed E-state index contributed by atoms with van der Waals surface area (Å²) in [5.74, 6) is 0.830. The van der Waals surface area contributed by atoms with Gasteiger partial charge in [-0.05, 0) is 44.0 Å². The van der Waals surface area contributed by atoms with Gasteiger partial charge < -0.3 is 15.5 Å². The van der Waals surface area contributed by atoms with Crippen LogP contribution in [0.4, 0.5) is 5.69 Å². The number of nitrogens with zero attached hydrogens (tertiary/aromatic N) is 4. The normalized spacial score (nSPS) is 13.5. The average molecular weight is 494 g/mol. The van der Waals surface area contributed by atoms with Crippen molar-refractivity contribution in [3.05, 3.63) is 59.4 Å². The predicted molar refractivity (Wildman–Crippen MR) is 128 cm³/mol. The number of benzene rings is 1. The standard InChI is InChI=1S/C21H30N6.HI/c1-17-15-18(2)27(25-17)14-6-11-23-21(22-3)24-16-19-7-9-20(10-8-19)26-12-4-5-13-26;/h4-5,7-10,15H,6,11-14,16H2,1-3H3,(H2,22,23,24);1H. The molecule has 0 spiro atoms. The zero-order valence-electron chi connectivity index (χ0n) is 17.0. The smallest absolute Gasteiger partial charge is 0.191 e. The Balaban J connectivity index is 0.00000280. The van der Waals surface area contributed by atoms with Crippen LogP contribution in [-0.4, -0.2) is 42.4 Å². The van der Waals surface area contributed by atoms with Crippen LogP contribution in [0.2, 0.25) is 0 Å². The van der Waals surface area contributed by atoms with Crippen LogP contribution in [0.25, 0.3) is 0 Å². The lowest BCUT2D eigenvalue weighted by molar-refractivity contribution is 0.555. The van der Waals surface area contributed by atoms with Gasteiger partial charge in [0.2, 0.25) is 0 Å². The lowest BCUT2D eigenvalue weighted by Crippen LogP contribution is -2.37. The number of aromatic nitrogens is 2. The summed E-state index contributed by atoms with van der Waals surface area (Å²) < 4.78 is 2.06. The molecule has 2 N–H and O–H groups in total. The molecule has 2 aromatic rings. The monoisotopic (exact) mass is 494 g/mol. The molecular weight excluding hydrogens is 463 g/mol. The fraction of sp³-hybridized carbons (Fsp3) is 0.429. The molecule has 0 saturated heterocycles. The van der Waals surface area contributed by atoms with E-state index < -0.39 is 0 Å². The number of anilines is 1. The summed E-state index contributed by atoms with van der Waals surface area (Å²) in [7, 11) is 1.81. The second kappa shape index (κ2) is 11.1. The van der Waals surface area contributed by atoms with Crippen molar-refractivity contribution in [2.24, 2.45) is 4.99 Å². The largest absolute Gasteiger partial charge is 0.364 e. The van der Waals surface area contributed by atoms with Crippen LogP contribution in [0.3, 0.4) is 0 Å². The first-order valence-electron chi connectivity index (χ1n) is 9.60. The number of rotatable bonds is 7. The summed E-state index contributed by atoms with van der Waals surface area (Å²) in [5, 5.41) is 11.2. The first kappa shape index (κ1) is 22.3. The van der Waals surface area contributed by atoms with Crippen molar-refractivity contribution in [1.29, 1.82) is 0 Å². The Labute approximate surface area is 185 Å². The summed E-state index contributed by atoms with van der Waals surface area (Å²) in [6, 6.07) is 10.8. The van der Waals surface area contributed by atoms with E-state index in [1.54, 1.807) is 7.05 Å². The molecule has 0 amide bonds. The number of guanidine groups is 1. The zero-order chi connectivity index (χ0) is 19.1. The van der Waals surface area contributed by atoms with E-state index in [1.165, 1.54) is 16.9 Å². The second-order valence-electron chi connectivity index (χ2n) is 6.90. The van der Waals surface area contributed by atoms with Crippen molar-refractivity contribution in [3.63, 3.8) is 0 Å². The Morgan fingerprint density at radius 1 is 1.11 bits per heavy atom. The van der Waals surface area contributed by atoms with E-state index in [1.807, 2.05) is 6.92 Å². The Morgan fingerprint density at radius 2 is 1.82 bits per heavy atom. The summed E-state index contributed by atoms with van der Waals surface area (Å²) in [4.78, 5) is 6.65. The second-order valence-corrected chi connectivity index (χ2v) is 6.90. The molecule has 0 radical (unpaired) electrons. The minimum atomic E-state index is 0. The SMILES string of the molecule is CN=C(NCCCn1nc(C)cc1C)NCc1ccc(N2CC=CC2)cc1.I. The third-order valence-electron chi connectivity index (χ3n) is 4.75. The number of aliphatic imine (C=N–C) groups is 1. The van der Waals surface area contributed by atoms with Crippen LogP contribution in [0.1, 0.15) is 23.4 Å². The van der Waals surface area contributed by atoms with Gasteiger partial charge >= 0.3 is 0 Å². The van der Waals surface area contributed by atoms with E-state index in [2.05, 4.69) is 79.7 Å². The summed E-state index contributed by atoms with van der Waals surface area (Å²) in [5.41, 5.74) is 4.81. The zero-order valence-corrected chi connectivity index (χ0v) is 19.3. The van der Waals surface area contributed by atoms with Crippen LogP contribution in [0, 0.1) is 13.8 Å². The molecule has 7 heteroatoms. The van der Waals surface area contributed by atoms with Crippen LogP contribution in [0.15, 0.2) is 47.5 Å². The van der Waals surface area contributed by atoms with Gasteiger partial charge in [-0.2, -0.15) is 5.10 Å². The molecule has 1 aromatic carbocycles. The summed E-state index contributed by atoms with van der Waals surface area (Å²) in [6.45, 7) is 8.67. The van der Waals surface area contributed by atoms with Gasteiger partial charge in [-0.3, -0.25) is 9.67 Å². The predicted octanol–water partition coefficient (Wildman–Crippen LogP) is 3.25. The fourth-order valence-electron chi connectivity index (χ4n) is 3.26. The van der Waals surface area contributed by atoms with Gasteiger partial charge in [0.15, 0.2) is 5.96 Å². The molecule has 0 saturated carbocycles. The van der Waals surface area contributed by atoms with E-state index >= 15 is 0 Å². The van der Waals surface area contributed by atoms with Gasteiger partial charge in [0, 0.05) is 51.2 Å². The summed E-state index contributed by atoms with van der Waals surface area (Å²) >= 11 is 0. The van der Waals surface area contributed by atoms with Crippen LogP contribution < -0.4 is 15.5 Å². The quantitative estimate of drug-likeness (QED) is 0.204. The van der Waals surface area contributed by atoms with E-state index in [-0.39, 0.29) is 24.0 Å². The molecule has 2 heterocycles. The molecule has 152 valence electrons. The van der Waals surface area contributed by atoms with Crippen LogP contribution >= 0.6 is 24.0 Å². The van der Waals surface area contributed by atoms with Gasteiger partial charge in [-0.1, -0.05) is 24.3 Å². The molecule has 1 aromatic heterocycles. The maximum absolute atomic E-state index is 4.49. The van der Waals surface area contributed by atoms with Gasteiger partial charge in [0.1, 0.15) is 0 Å². The van der Waals surface area contributed by atoms with Crippen molar-refractivity contribution in [2.45, 2.75) is 33.4 Å². The van der Waals surface area contributed by atoms with Crippen LogP contribution in [-0.2, 0) is 13.1 Å². The number of hydrogen-bond donors (Lipinski definition) is 2. The molecule has 6 nitrogen and oxygen atoms in total. The average Bonchev–Trinajstić information content (AvgIpc) is 3.31. The molecule has 3 rings (SSSR count). The first-order valence-corrected chi connectivity index (χ1v) is 9.60. The molecule has 0 fully saturated rings. The van der Waals surface area contributed by atoms with Crippen LogP contribution in [0.5, 0.6) is 0 Å². The van der Waals surface area contributed by atoms with E-state index in [4.69, 9.17) is 0 Å². The van der Waals surface area contributed by atoms with Gasteiger partial charge in [0.25, 0.3) is 0 Å². The molecule has 0 atom stereocenters. The minimum Gasteiger partial charge on any atom is -0.364 e. The highest BCUT2D eigenvalue weighted by Gasteiger charge is 2.07. The van der Waals surface area contributed by atoms with E-state index in [0.29, 0.717) is 0 Å². The third-order valence-corrected chi connectivity index (χ3v) is 4.75. The van der Waals surface area contributed by atoms with Crippen molar-refractivity contribution >= 4 is 35.6 Å². The Bertz CT molecular complexity index is 786. The highest BCUT2D eigenvalue weighted by molar-refractivity contribution is 14.0. The molecule has 1 aliphatic heterocycles. The molecule has 1 aliphatic rings. The van der Waals surface area contributed by atoms with Gasteiger partial charge in [-0.25, -0.2) is 0 Å². The molecule has 0 bridgehead atoms. The van der Waals surface area contributed by atoms with Gasteiger partial charge in [-0.15, -0.1) is 24.0 Å². The van der Waals surface area contributed by atoms with Crippen molar-refractivity contribution in [2.75, 3.05) is 31.6 Å². The lowest BCUT2D eigenvalue weighted by Gasteiger charge is -2.18. The number of halogens is 1. The first-order chi connectivity index (χ1) is 13.2. The topological polar surface area (TPSA) is 57.5 Å². The third kappa shape index (κ3) is 6.25. The van der Waals surface area contributed by atoms with E-state index in [0.717, 1.165) is 50.8 Å². The molecule has 0 unspecified atom stereocenters. The van der Waals surface area contributed by atoms with Crippen molar-refractivity contribution in [3.8, 4) is 0 Å². The maximum atomic E-state index is 4.49. The number of hydrogen-bond acceptors (Lipinski definition) is 3. The minimum absolute atomic E-state index is 0. The Kier molecular flexibility index (Phi) is 8.82. The highest BCUT2D eigenvalue weighted by atomic mass is 127. The van der Waals surface area contributed by atoms with E-state index in [9.17, 15) is 0 Å². The maximum Gasteiger partial charge on any atom is 0.191 e. The molecule has 0 aliphatic carbocycles. The van der Waals surface area contributed by atoms with Crippen molar-refractivity contribution < 1.29 is 0 Å². The molecule has 28 heavy (non-hydrogen) atoms. The van der Waals surface area contributed by atoms with Crippen molar-refractivity contribution in [1.82, 2.24) is 20.4 Å². The Morgan fingerprint density at radius 3 is 2.43 bits per heavy atom.